The van der Waals surface area contributed by atoms with Crippen molar-refractivity contribution in [2.75, 3.05) is 33.4 Å². The van der Waals surface area contributed by atoms with Crippen molar-refractivity contribution in [3.05, 3.63) is 23.8 Å². The molecule has 1 heterocycles. The molecule has 1 atom stereocenters. The highest BCUT2D eigenvalue weighted by atomic mass is 35.5. The van der Waals surface area contributed by atoms with Crippen LogP contribution in [0.15, 0.2) is 18.2 Å². The number of nitrogens with one attached hydrogen (secondary N) is 1. The monoisotopic (exact) mass is 370 g/mol. The lowest BCUT2D eigenvalue weighted by atomic mass is 10.1. The number of ether oxygens (including phenoxy) is 2. The van der Waals surface area contributed by atoms with E-state index in [2.05, 4.69) is 12.2 Å². The number of benzene rings is 1. The van der Waals surface area contributed by atoms with Crippen LogP contribution in [-0.4, -0.2) is 50.2 Å². The SMILES string of the molecule is CCCCOc1ccc(C(=O)N2CCCC2CNC)cc1OCC.Cl. The summed E-state index contributed by atoms with van der Waals surface area (Å²) in [6.07, 6.45) is 4.21. The van der Waals surface area contributed by atoms with E-state index < -0.39 is 0 Å². The predicted molar refractivity (Wildman–Crippen MR) is 103 cm³/mol. The summed E-state index contributed by atoms with van der Waals surface area (Å²) >= 11 is 0. The number of hydrogen-bond donors (Lipinski definition) is 1. The van der Waals surface area contributed by atoms with Crippen LogP contribution >= 0.6 is 12.4 Å². The molecule has 0 aromatic heterocycles. The van der Waals surface area contributed by atoms with E-state index in [-0.39, 0.29) is 24.4 Å². The second-order valence-corrected chi connectivity index (χ2v) is 6.15. The van der Waals surface area contributed by atoms with Crippen LogP contribution in [0.1, 0.15) is 49.9 Å². The summed E-state index contributed by atoms with van der Waals surface area (Å²) in [5, 5.41) is 3.18. The number of hydrogen-bond acceptors (Lipinski definition) is 4. The van der Waals surface area contributed by atoms with Gasteiger partial charge in [0.1, 0.15) is 0 Å². The normalized spacial score (nSPS) is 16.4. The third-order valence-corrected chi connectivity index (χ3v) is 4.32. The zero-order valence-electron chi connectivity index (χ0n) is 15.5. The zero-order valence-corrected chi connectivity index (χ0v) is 16.4. The maximum atomic E-state index is 12.9. The molecular formula is C19H31ClN2O3. The Bertz CT molecular complexity index is 539. The Balaban J connectivity index is 0.00000312. The van der Waals surface area contributed by atoms with Gasteiger partial charge in [0.05, 0.1) is 13.2 Å². The summed E-state index contributed by atoms with van der Waals surface area (Å²) in [5.74, 6) is 1.45. The molecule has 1 aromatic rings. The highest BCUT2D eigenvalue weighted by molar-refractivity contribution is 5.95. The molecule has 0 bridgehead atoms. The summed E-state index contributed by atoms with van der Waals surface area (Å²) in [4.78, 5) is 14.8. The molecule has 2 rings (SSSR count). The lowest BCUT2D eigenvalue weighted by molar-refractivity contribution is 0.0736. The summed E-state index contributed by atoms with van der Waals surface area (Å²) in [7, 11) is 1.93. The van der Waals surface area contributed by atoms with Crippen LogP contribution < -0.4 is 14.8 Å². The van der Waals surface area contributed by atoms with Crippen LogP contribution in [0.2, 0.25) is 0 Å². The van der Waals surface area contributed by atoms with Crippen molar-refractivity contribution in [1.82, 2.24) is 10.2 Å². The minimum Gasteiger partial charge on any atom is -0.490 e. The van der Waals surface area contributed by atoms with Crippen LogP contribution in [0.5, 0.6) is 11.5 Å². The number of unbranched alkanes of at least 4 members (excludes halogenated alkanes) is 1. The third-order valence-electron chi connectivity index (χ3n) is 4.32. The van der Waals surface area contributed by atoms with Crippen molar-refractivity contribution in [3.63, 3.8) is 0 Å². The van der Waals surface area contributed by atoms with Gasteiger partial charge in [0.25, 0.3) is 5.91 Å². The molecule has 1 N–H and O–H groups in total. The van der Waals surface area contributed by atoms with Crippen molar-refractivity contribution in [1.29, 1.82) is 0 Å². The molecule has 1 aromatic carbocycles. The number of likely N-dealkylation sites (tertiary alicyclic amines) is 1. The Morgan fingerprint density at radius 3 is 2.76 bits per heavy atom. The van der Waals surface area contributed by atoms with E-state index in [0.29, 0.717) is 24.5 Å². The van der Waals surface area contributed by atoms with Gasteiger partial charge < -0.3 is 19.7 Å². The molecule has 1 amide bonds. The summed E-state index contributed by atoms with van der Waals surface area (Å²) in [6.45, 7) is 6.94. The molecule has 25 heavy (non-hydrogen) atoms. The molecule has 5 nitrogen and oxygen atoms in total. The van der Waals surface area contributed by atoms with Crippen molar-refractivity contribution < 1.29 is 14.3 Å². The maximum absolute atomic E-state index is 12.9. The average Bonchev–Trinajstić information content (AvgIpc) is 3.04. The van der Waals surface area contributed by atoms with Gasteiger partial charge in [0, 0.05) is 24.7 Å². The number of carbonyl (C=O) groups excluding carboxylic acids is 1. The fraction of sp³-hybridized carbons (Fsp3) is 0.632. The van der Waals surface area contributed by atoms with Crippen LogP contribution in [0.4, 0.5) is 0 Å². The second kappa shape index (κ2) is 11.2. The van der Waals surface area contributed by atoms with Gasteiger partial charge in [-0.2, -0.15) is 0 Å². The number of halogens is 1. The molecule has 1 unspecified atom stereocenters. The summed E-state index contributed by atoms with van der Waals surface area (Å²) in [5.41, 5.74) is 0.671. The van der Waals surface area contributed by atoms with Gasteiger partial charge >= 0.3 is 0 Å². The molecule has 0 radical (unpaired) electrons. The summed E-state index contributed by atoms with van der Waals surface area (Å²) < 4.78 is 11.5. The van der Waals surface area contributed by atoms with Crippen LogP contribution in [0.25, 0.3) is 0 Å². The second-order valence-electron chi connectivity index (χ2n) is 6.15. The Morgan fingerprint density at radius 2 is 2.08 bits per heavy atom. The first-order chi connectivity index (χ1) is 11.7. The molecular weight excluding hydrogens is 340 g/mol. The minimum atomic E-state index is 0. The largest absolute Gasteiger partial charge is 0.490 e. The highest BCUT2D eigenvalue weighted by Gasteiger charge is 2.29. The molecule has 1 saturated heterocycles. The number of carbonyl (C=O) groups is 1. The summed E-state index contributed by atoms with van der Waals surface area (Å²) in [6, 6.07) is 5.80. The highest BCUT2D eigenvalue weighted by Crippen LogP contribution is 2.30. The van der Waals surface area contributed by atoms with Gasteiger partial charge in [-0.3, -0.25) is 4.79 Å². The predicted octanol–water partition coefficient (Wildman–Crippen LogP) is 3.51. The van der Waals surface area contributed by atoms with E-state index in [1.165, 1.54) is 0 Å². The standard InChI is InChI=1S/C19H30N2O3.ClH/c1-4-6-12-24-17-10-9-15(13-18(17)23-5-2)19(22)21-11-7-8-16(21)14-20-3;/h9-10,13,16,20H,4-8,11-12,14H2,1-3H3;1H. The molecule has 1 aliphatic rings. The third kappa shape index (κ3) is 5.79. The first-order valence-electron chi connectivity index (χ1n) is 9.06. The average molecular weight is 371 g/mol. The first-order valence-corrected chi connectivity index (χ1v) is 9.06. The smallest absolute Gasteiger partial charge is 0.254 e. The molecule has 6 heteroatoms. The molecule has 1 aliphatic heterocycles. The van der Waals surface area contributed by atoms with Gasteiger partial charge in [-0.1, -0.05) is 13.3 Å². The number of rotatable bonds is 9. The maximum Gasteiger partial charge on any atom is 0.254 e. The van der Waals surface area contributed by atoms with E-state index in [9.17, 15) is 4.79 Å². The van der Waals surface area contributed by atoms with Gasteiger partial charge in [0.2, 0.25) is 0 Å². The van der Waals surface area contributed by atoms with E-state index in [0.717, 1.165) is 44.5 Å². The molecule has 0 saturated carbocycles. The number of amides is 1. The molecule has 1 fully saturated rings. The Morgan fingerprint density at radius 1 is 1.28 bits per heavy atom. The zero-order chi connectivity index (χ0) is 17.4. The lowest BCUT2D eigenvalue weighted by Gasteiger charge is -2.25. The van der Waals surface area contributed by atoms with Gasteiger partial charge in [-0.15, -0.1) is 12.4 Å². The van der Waals surface area contributed by atoms with E-state index in [4.69, 9.17) is 9.47 Å². The Kier molecular flexibility index (Phi) is 9.68. The van der Waals surface area contributed by atoms with Gasteiger partial charge in [-0.05, 0) is 51.4 Å². The number of nitrogens with zero attached hydrogens (tertiary/aromatic N) is 1. The van der Waals surface area contributed by atoms with Gasteiger partial charge in [-0.25, -0.2) is 0 Å². The minimum absolute atomic E-state index is 0. The van der Waals surface area contributed by atoms with Crippen molar-refractivity contribution in [3.8, 4) is 11.5 Å². The van der Waals surface area contributed by atoms with Crippen LogP contribution in [-0.2, 0) is 0 Å². The Labute approximate surface area is 157 Å². The van der Waals surface area contributed by atoms with E-state index in [1.54, 1.807) is 0 Å². The van der Waals surface area contributed by atoms with E-state index in [1.807, 2.05) is 37.1 Å². The number of likely N-dealkylation sites (N-methyl/N-ethyl adjacent to an activating group) is 1. The van der Waals surface area contributed by atoms with Crippen molar-refractivity contribution in [2.24, 2.45) is 0 Å². The quantitative estimate of drug-likeness (QED) is 0.676. The molecule has 0 aliphatic carbocycles. The molecule has 142 valence electrons. The Hall–Kier alpha value is -1.46. The first kappa shape index (κ1) is 21.6. The van der Waals surface area contributed by atoms with Gasteiger partial charge in [0.15, 0.2) is 11.5 Å². The fourth-order valence-electron chi connectivity index (χ4n) is 3.07. The van der Waals surface area contributed by atoms with Crippen LogP contribution in [0, 0.1) is 0 Å². The lowest BCUT2D eigenvalue weighted by Crippen LogP contribution is -2.40. The van der Waals surface area contributed by atoms with Crippen molar-refractivity contribution in [2.45, 2.75) is 45.6 Å². The van der Waals surface area contributed by atoms with E-state index >= 15 is 0 Å². The topological polar surface area (TPSA) is 50.8 Å². The fourth-order valence-corrected chi connectivity index (χ4v) is 3.07. The van der Waals surface area contributed by atoms with Crippen LogP contribution in [0.3, 0.4) is 0 Å². The molecule has 0 spiro atoms. The van der Waals surface area contributed by atoms with Crippen molar-refractivity contribution >= 4 is 18.3 Å².